The molecule has 2 aliphatic heterocycles. The van der Waals surface area contributed by atoms with E-state index in [9.17, 15) is 4.79 Å². The summed E-state index contributed by atoms with van der Waals surface area (Å²) in [4.78, 5) is 13.2. The summed E-state index contributed by atoms with van der Waals surface area (Å²) in [5, 5.41) is 0. The van der Waals surface area contributed by atoms with Crippen molar-refractivity contribution in [1.82, 2.24) is 0 Å². The van der Waals surface area contributed by atoms with E-state index in [2.05, 4.69) is 13.8 Å². The van der Waals surface area contributed by atoms with Crippen LogP contribution in [-0.2, 0) is 19.0 Å². The van der Waals surface area contributed by atoms with E-state index >= 15 is 0 Å². The first-order chi connectivity index (χ1) is 13.3. The van der Waals surface area contributed by atoms with E-state index < -0.39 is 5.79 Å². The Kier molecular flexibility index (Phi) is 4.54. The maximum Gasteiger partial charge on any atom is 0.165 e. The second-order valence-electron chi connectivity index (χ2n) is 11.0. The van der Waals surface area contributed by atoms with Crippen LogP contribution in [0.5, 0.6) is 0 Å². The van der Waals surface area contributed by atoms with Crippen LogP contribution < -0.4 is 0 Å². The summed E-state index contributed by atoms with van der Waals surface area (Å²) in [6.45, 7) is 9.14. The molecule has 5 fully saturated rings. The molecule has 4 heteroatoms. The van der Waals surface area contributed by atoms with Crippen LogP contribution in [0.4, 0.5) is 0 Å². The molecule has 0 bridgehead atoms. The van der Waals surface area contributed by atoms with Gasteiger partial charge < -0.3 is 14.2 Å². The van der Waals surface area contributed by atoms with Crippen molar-refractivity contribution in [3.8, 4) is 0 Å². The van der Waals surface area contributed by atoms with Crippen LogP contribution in [0.3, 0.4) is 0 Å². The third-order valence-electron chi connectivity index (χ3n) is 9.99. The molecule has 0 aromatic carbocycles. The van der Waals surface area contributed by atoms with Crippen molar-refractivity contribution in [2.45, 2.75) is 96.4 Å². The number of hydrogen-bond donors (Lipinski definition) is 0. The molecule has 5 aliphatic rings. The Morgan fingerprint density at radius 1 is 0.857 bits per heavy atom. The van der Waals surface area contributed by atoms with Gasteiger partial charge in [0.25, 0.3) is 0 Å². The van der Waals surface area contributed by atoms with E-state index in [4.69, 9.17) is 14.2 Å². The number of fused-ring (bicyclic) bond motifs is 4. The van der Waals surface area contributed by atoms with Gasteiger partial charge in [0.15, 0.2) is 5.79 Å². The van der Waals surface area contributed by atoms with Gasteiger partial charge in [0.1, 0.15) is 5.78 Å². The van der Waals surface area contributed by atoms with E-state index in [1.54, 1.807) is 0 Å². The molecule has 1 spiro atoms. The van der Waals surface area contributed by atoms with Gasteiger partial charge in [-0.05, 0) is 81.5 Å². The maximum absolute atomic E-state index is 13.2. The zero-order valence-electron chi connectivity index (χ0n) is 18.1. The Morgan fingerprint density at radius 3 is 2.32 bits per heavy atom. The number of carbonyl (C=O) groups excluding carboxylic acids is 1. The van der Waals surface area contributed by atoms with Crippen molar-refractivity contribution in [3.63, 3.8) is 0 Å². The van der Waals surface area contributed by atoms with Gasteiger partial charge in [0.05, 0.1) is 18.8 Å². The lowest BCUT2D eigenvalue weighted by molar-refractivity contribution is -0.171. The maximum atomic E-state index is 13.2. The standard InChI is InChI=1S/C24H38O4/c1-21(12-13-23(3)26-15-16-27-23)18-7-10-22(2)19(17(18)5-6-20(21)25)8-11-24(22)9-4-14-28-24/h17-19H,4-16H2,1-3H3/t17?,18?,19?,21-,22+,24?/m0/s1. The molecule has 4 unspecified atom stereocenters. The van der Waals surface area contributed by atoms with Crippen molar-refractivity contribution in [1.29, 1.82) is 0 Å². The summed E-state index contributed by atoms with van der Waals surface area (Å²) in [5.74, 6) is 1.93. The predicted octanol–water partition coefficient (Wildman–Crippen LogP) is 4.89. The number of Topliss-reactive ketones (excluding diaryl/α,β-unsaturated/α-hetero) is 1. The SMILES string of the molecule is CC1(CC[C@]2(C)C(=O)CCC3C2CC[C@]2(C)C3CCC23CCCO3)OCCO1. The Bertz CT molecular complexity index is 633. The topological polar surface area (TPSA) is 44.8 Å². The number of carbonyl (C=O) groups is 1. The van der Waals surface area contributed by atoms with Gasteiger partial charge in [-0.2, -0.15) is 0 Å². The summed E-state index contributed by atoms with van der Waals surface area (Å²) in [6.07, 6.45) is 11.0. The fourth-order valence-electron chi connectivity index (χ4n) is 8.22. The van der Waals surface area contributed by atoms with Crippen LogP contribution in [0.15, 0.2) is 0 Å². The minimum atomic E-state index is -0.492. The van der Waals surface area contributed by atoms with Crippen LogP contribution in [-0.4, -0.2) is 37.0 Å². The summed E-state index contributed by atoms with van der Waals surface area (Å²) in [5.41, 5.74) is 0.240. The lowest BCUT2D eigenvalue weighted by Crippen LogP contribution is -2.56. The van der Waals surface area contributed by atoms with Crippen LogP contribution in [0.2, 0.25) is 0 Å². The number of rotatable bonds is 3. The monoisotopic (exact) mass is 390 g/mol. The molecule has 4 nitrogen and oxygen atoms in total. The Balaban J connectivity index is 1.38. The van der Waals surface area contributed by atoms with E-state index in [0.717, 1.165) is 38.2 Å². The van der Waals surface area contributed by atoms with E-state index in [1.165, 1.54) is 38.5 Å². The van der Waals surface area contributed by atoms with Gasteiger partial charge in [0, 0.05) is 24.9 Å². The lowest BCUT2D eigenvalue weighted by Gasteiger charge is -2.57. The predicted molar refractivity (Wildman–Crippen MR) is 107 cm³/mol. The summed E-state index contributed by atoms with van der Waals surface area (Å²) in [6, 6.07) is 0. The highest BCUT2D eigenvalue weighted by atomic mass is 16.7. The summed E-state index contributed by atoms with van der Waals surface area (Å²) in [7, 11) is 0. The molecule has 28 heavy (non-hydrogen) atoms. The molecule has 0 aromatic rings. The fourth-order valence-corrected chi connectivity index (χ4v) is 8.22. The van der Waals surface area contributed by atoms with Crippen LogP contribution in [0, 0.1) is 28.6 Å². The molecule has 0 N–H and O–H groups in total. The van der Waals surface area contributed by atoms with Gasteiger partial charge in [-0.3, -0.25) is 4.79 Å². The average Bonchev–Trinajstić information content (AvgIpc) is 3.39. The molecular formula is C24H38O4. The molecule has 5 rings (SSSR count). The molecule has 2 saturated heterocycles. The fraction of sp³-hybridized carbons (Fsp3) is 0.958. The first-order valence-electron chi connectivity index (χ1n) is 11.8. The van der Waals surface area contributed by atoms with Gasteiger partial charge in [-0.25, -0.2) is 0 Å². The highest BCUT2D eigenvalue weighted by molar-refractivity contribution is 5.85. The minimum Gasteiger partial charge on any atom is -0.374 e. The molecule has 3 aliphatic carbocycles. The zero-order chi connectivity index (χ0) is 19.6. The van der Waals surface area contributed by atoms with E-state index in [0.29, 0.717) is 36.2 Å². The second kappa shape index (κ2) is 6.52. The third-order valence-corrected chi connectivity index (χ3v) is 9.99. The quantitative estimate of drug-likeness (QED) is 0.688. The van der Waals surface area contributed by atoms with E-state index in [1.807, 2.05) is 6.92 Å². The highest BCUT2D eigenvalue weighted by Gasteiger charge is 2.65. The number of ketones is 1. The molecular weight excluding hydrogens is 352 g/mol. The molecule has 0 radical (unpaired) electrons. The Hall–Kier alpha value is -0.450. The van der Waals surface area contributed by atoms with Crippen molar-refractivity contribution in [2.75, 3.05) is 19.8 Å². The number of ether oxygens (including phenoxy) is 3. The molecule has 0 amide bonds. The third kappa shape index (κ3) is 2.63. The molecule has 2 heterocycles. The molecule has 3 saturated carbocycles. The Morgan fingerprint density at radius 2 is 1.61 bits per heavy atom. The van der Waals surface area contributed by atoms with E-state index in [-0.39, 0.29) is 11.0 Å². The van der Waals surface area contributed by atoms with Crippen molar-refractivity contribution >= 4 is 5.78 Å². The average molecular weight is 391 g/mol. The molecule has 0 aromatic heterocycles. The smallest absolute Gasteiger partial charge is 0.165 e. The molecule has 158 valence electrons. The summed E-state index contributed by atoms with van der Waals surface area (Å²) < 4.78 is 18.1. The number of hydrogen-bond acceptors (Lipinski definition) is 4. The normalized spacial score (nSPS) is 50.1. The van der Waals surface area contributed by atoms with Crippen molar-refractivity contribution < 1.29 is 19.0 Å². The highest BCUT2D eigenvalue weighted by Crippen LogP contribution is 2.68. The minimum absolute atomic E-state index is 0.138. The molecule has 6 atom stereocenters. The Labute approximate surface area is 170 Å². The van der Waals surface area contributed by atoms with Gasteiger partial charge >= 0.3 is 0 Å². The zero-order valence-corrected chi connectivity index (χ0v) is 18.1. The van der Waals surface area contributed by atoms with Crippen LogP contribution >= 0.6 is 0 Å². The largest absolute Gasteiger partial charge is 0.374 e. The lowest BCUT2D eigenvalue weighted by atomic mass is 9.47. The van der Waals surface area contributed by atoms with Gasteiger partial charge in [-0.15, -0.1) is 0 Å². The summed E-state index contributed by atoms with van der Waals surface area (Å²) >= 11 is 0. The van der Waals surface area contributed by atoms with Crippen molar-refractivity contribution in [3.05, 3.63) is 0 Å². The van der Waals surface area contributed by atoms with Crippen LogP contribution in [0.25, 0.3) is 0 Å². The first-order valence-corrected chi connectivity index (χ1v) is 11.8. The second-order valence-corrected chi connectivity index (χ2v) is 11.0. The first kappa shape index (κ1) is 19.5. The van der Waals surface area contributed by atoms with Crippen LogP contribution in [0.1, 0.15) is 85.0 Å². The van der Waals surface area contributed by atoms with Gasteiger partial charge in [-0.1, -0.05) is 13.8 Å². The van der Waals surface area contributed by atoms with Gasteiger partial charge in [0.2, 0.25) is 0 Å². The van der Waals surface area contributed by atoms with Crippen molar-refractivity contribution in [2.24, 2.45) is 28.6 Å².